The van der Waals surface area contributed by atoms with Crippen molar-refractivity contribution in [2.75, 3.05) is 13.2 Å². The van der Waals surface area contributed by atoms with Crippen molar-refractivity contribution < 1.29 is 18.7 Å². The van der Waals surface area contributed by atoms with Gasteiger partial charge in [0.05, 0.1) is 30.2 Å². The number of ether oxygens (including phenoxy) is 2. The first-order valence-corrected chi connectivity index (χ1v) is 13.2. The maximum Gasteiger partial charge on any atom is 0.291 e. The molecule has 5 rings (SSSR count). The summed E-state index contributed by atoms with van der Waals surface area (Å²) in [6, 6.07) is 20.2. The summed E-state index contributed by atoms with van der Waals surface area (Å²) in [5, 5.41) is 0.458. The van der Waals surface area contributed by atoms with Crippen LogP contribution in [0, 0.1) is 12.8 Å². The van der Waals surface area contributed by atoms with Crippen LogP contribution in [0.25, 0.3) is 11.0 Å². The lowest BCUT2D eigenvalue weighted by Crippen LogP contribution is -2.29. The maximum absolute atomic E-state index is 13.8. The minimum absolute atomic E-state index is 0.0982. The average molecular weight is 512 g/mol. The Bertz CT molecular complexity index is 1520. The van der Waals surface area contributed by atoms with Crippen LogP contribution < -0.4 is 14.9 Å². The molecule has 0 spiro atoms. The average Bonchev–Trinajstić information content (AvgIpc) is 3.18. The molecule has 0 bridgehead atoms. The summed E-state index contributed by atoms with van der Waals surface area (Å²) >= 11 is 0. The van der Waals surface area contributed by atoms with Crippen molar-refractivity contribution in [3.05, 3.63) is 105 Å². The van der Waals surface area contributed by atoms with Crippen LogP contribution in [0.1, 0.15) is 66.0 Å². The van der Waals surface area contributed by atoms with Gasteiger partial charge in [0.2, 0.25) is 5.76 Å². The maximum atomic E-state index is 13.8. The van der Waals surface area contributed by atoms with Gasteiger partial charge in [0.25, 0.3) is 5.91 Å². The zero-order valence-corrected chi connectivity index (χ0v) is 22.3. The van der Waals surface area contributed by atoms with Crippen LogP contribution >= 0.6 is 0 Å². The third-order valence-electron chi connectivity index (χ3n) is 6.88. The number of benzene rings is 3. The first-order valence-electron chi connectivity index (χ1n) is 13.2. The monoisotopic (exact) mass is 511 g/mol. The highest BCUT2D eigenvalue weighted by Crippen LogP contribution is 2.41. The smallest absolute Gasteiger partial charge is 0.291 e. The zero-order chi connectivity index (χ0) is 26.8. The fourth-order valence-corrected chi connectivity index (χ4v) is 4.85. The van der Waals surface area contributed by atoms with E-state index in [9.17, 15) is 9.59 Å². The second-order valence-corrected chi connectivity index (χ2v) is 10.2. The second kappa shape index (κ2) is 10.7. The Balaban J connectivity index is 1.62. The van der Waals surface area contributed by atoms with Crippen LogP contribution in [0.2, 0.25) is 0 Å². The van der Waals surface area contributed by atoms with E-state index in [1.807, 2.05) is 56.3 Å². The van der Waals surface area contributed by atoms with Crippen LogP contribution in [-0.4, -0.2) is 24.0 Å². The summed E-state index contributed by atoms with van der Waals surface area (Å²) in [5.41, 5.74) is 3.45. The van der Waals surface area contributed by atoms with Crippen LogP contribution in [0.4, 0.5) is 0 Å². The van der Waals surface area contributed by atoms with Crippen LogP contribution in [0.3, 0.4) is 0 Å². The molecule has 0 saturated carbocycles. The summed E-state index contributed by atoms with van der Waals surface area (Å²) in [6.07, 6.45) is 0.927. The molecular formula is C32H33NO5. The highest BCUT2D eigenvalue weighted by atomic mass is 16.5. The van der Waals surface area contributed by atoms with Gasteiger partial charge in [-0.05, 0) is 61.6 Å². The molecule has 196 valence electrons. The van der Waals surface area contributed by atoms with E-state index in [0.29, 0.717) is 53.7 Å². The number of carbonyl (C=O) groups excluding carboxylic acids is 1. The number of aryl methyl sites for hydroxylation is 1. The number of hydrogen-bond donors (Lipinski definition) is 0. The number of rotatable bonds is 9. The van der Waals surface area contributed by atoms with Crippen molar-refractivity contribution in [1.82, 2.24) is 4.90 Å². The lowest BCUT2D eigenvalue weighted by Gasteiger charge is -2.26. The molecule has 1 aliphatic rings. The number of fused-ring (bicyclic) bond motifs is 2. The molecule has 1 atom stereocenters. The highest BCUT2D eigenvalue weighted by molar-refractivity contribution is 5.99. The molecule has 38 heavy (non-hydrogen) atoms. The minimum atomic E-state index is -0.622. The van der Waals surface area contributed by atoms with Gasteiger partial charge in [0.15, 0.2) is 16.9 Å². The van der Waals surface area contributed by atoms with Gasteiger partial charge in [-0.25, -0.2) is 0 Å². The molecule has 0 N–H and O–H groups in total. The lowest BCUT2D eigenvalue weighted by atomic mass is 9.97. The molecule has 1 aliphatic heterocycles. The summed E-state index contributed by atoms with van der Waals surface area (Å²) < 4.78 is 18.1. The van der Waals surface area contributed by atoms with Gasteiger partial charge in [0.1, 0.15) is 5.58 Å². The Hall–Kier alpha value is -4.06. The van der Waals surface area contributed by atoms with E-state index in [-0.39, 0.29) is 17.1 Å². The van der Waals surface area contributed by atoms with E-state index in [4.69, 9.17) is 13.9 Å². The molecule has 6 heteroatoms. The SMILES string of the molecule is CCOc1cc(C2c3c(oc4ccccc4c3=O)C(=O)N2Cc2ccc(C)cc2)ccc1OCCC(C)C. The van der Waals surface area contributed by atoms with Gasteiger partial charge >= 0.3 is 0 Å². The third kappa shape index (κ3) is 4.91. The van der Waals surface area contributed by atoms with Crippen molar-refractivity contribution >= 4 is 16.9 Å². The number of nitrogens with zero attached hydrogens (tertiary/aromatic N) is 1. The van der Waals surface area contributed by atoms with Crippen molar-refractivity contribution in [2.24, 2.45) is 5.92 Å². The molecule has 1 unspecified atom stereocenters. The Morgan fingerprint density at radius 2 is 1.71 bits per heavy atom. The van der Waals surface area contributed by atoms with E-state index < -0.39 is 6.04 Å². The third-order valence-corrected chi connectivity index (χ3v) is 6.88. The standard InChI is InChI=1S/C32H33NO5/c1-5-36-27-18-23(14-15-26(27)37-17-16-20(2)3)29-28-30(34)24-8-6-7-9-25(24)38-31(28)32(35)33(29)19-22-12-10-21(4)11-13-22/h6-15,18,20,29H,5,16-17,19H2,1-4H3. The van der Waals surface area contributed by atoms with E-state index in [2.05, 4.69) is 13.8 Å². The summed E-state index contributed by atoms with van der Waals surface area (Å²) in [7, 11) is 0. The van der Waals surface area contributed by atoms with Crippen LogP contribution in [-0.2, 0) is 6.54 Å². The molecule has 4 aromatic rings. The Morgan fingerprint density at radius 1 is 0.947 bits per heavy atom. The fourth-order valence-electron chi connectivity index (χ4n) is 4.85. The van der Waals surface area contributed by atoms with Gasteiger partial charge in [-0.15, -0.1) is 0 Å². The van der Waals surface area contributed by atoms with E-state index in [1.54, 1.807) is 29.2 Å². The normalized spacial score (nSPS) is 14.8. The first kappa shape index (κ1) is 25.6. The largest absolute Gasteiger partial charge is 0.490 e. The molecular weight excluding hydrogens is 478 g/mol. The van der Waals surface area contributed by atoms with Crippen molar-refractivity contribution in [2.45, 2.75) is 46.7 Å². The molecule has 0 saturated heterocycles. The molecule has 1 amide bonds. The number of amides is 1. The molecule has 0 aliphatic carbocycles. The topological polar surface area (TPSA) is 69.0 Å². The Morgan fingerprint density at radius 3 is 2.45 bits per heavy atom. The molecule has 0 radical (unpaired) electrons. The van der Waals surface area contributed by atoms with Gasteiger partial charge in [0, 0.05) is 6.54 Å². The van der Waals surface area contributed by atoms with E-state index in [0.717, 1.165) is 23.1 Å². The minimum Gasteiger partial charge on any atom is -0.490 e. The van der Waals surface area contributed by atoms with Crippen LogP contribution in [0.5, 0.6) is 11.5 Å². The van der Waals surface area contributed by atoms with Gasteiger partial charge in [-0.2, -0.15) is 0 Å². The van der Waals surface area contributed by atoms with Crippen molar-refractivity contribution in [1.29, 1.82) is 0 Å². The lowest BCUT2D eigenvalue weighted by molar-refractivity contribution is 0.0714. The number of carbonyl (C=O) groups is 1. The quantitative estimate of drug-likeness (QED) is 0.251. The molecule has 0 fully saturated rings. The predicted molar refractivity (Wildman–Crippen MR) is 148 cm³/mol. The second-order valence-electron chi connectivity index (χ2n) is 10.2. The predicted octanol–water partition coefficient (Wildman–Crippen LogP) is 6.67. The fraction of sp³-hybridized carbons (Fsp3) is 0.312. The number of para-hydroxylation sites is 1. The van der Waals surface area contributed by atoms with E-state index >= 15 is 0 Å². The van der Waals surface area contributed by atoms with Gasteiger partial charge in [-0.3, -0.25) is 9.59 Å². The van der Waals surface area contributed by atoms with Gasteiger partial charge < -0.3 is 18.8 Å². The highest BCUT2D eigenvalue weighted by Gasteiger charge is 2.43. The summed E-state index contributed by atoms with van der Waals surface area (Å²) in [6.45, 7) is 9.63. The summed E-state index contributed by atoms with van der Waals surface area (Å²) in [4.78, 5) is 29.3. The molecule has 6 nitrogen and oxygen atoms in total. The van der Waals surface area contributed by atoms with Crippen LogP contribution in [0.15, 0.2) is 75.9 Å². The molecule has 1 aromatic heterocycles. The van der Waals surface area contributed by atoms with Gasteiger partial charge in [-0.1, -0.05) is 61.9 Å². The molecule has 2 heterocycles. The zero-order valence-electron chi connectivity index (χ0n) is 22.3. The number of hydrogen-bond acceptors (Lipinski definition) is 5. The van der Waals surface area contributed by atoms with Crippen molar-refractivity contribution in [3.8, 4) is 11.5 Å². The van der Waals surface area contributed by atoms with E-state index in [1.165, 1.54) is 0 Å². The molecule has 3 aromatic carbocycles. The Labute approximate surface area is 222 Å². The first-order chi connectivity index (χ1) is 18.4. The van der Waals surface area contributed by atoms with Crippen molar-refractivity contribution in [3.63, 3.8) is 0 Å². The summed E-state index contributed by atoms with van der Waals surface area (Å²) in [5.74, 6) is 1.56. The Kier molecular flexibility index (Phi) is 7.23.